The van der Waals surface area contributed by atoms with E-state index in [-0.39, 0.29) is 15.0 Å². The number of hydrogen-bond acceptors (Lipinski definition) is 1. The zero-order valence-electron chi connectivity index (χ0n) is 5.74. The normalized spacial score (nSPS) is 7.55. The summed E-state index contributed by atoms with van der Waals surface area (Å²) in [6, 6.07) is 11.8. The van der Waals surface area contributed by atoms with Gasteiger partial charge in [0.1, 0.15) is 0 Å². The molecule has 0 aliphatic rings. The van der Waals surface area contributed by atoms with Crippen molar-refractivity contribution < 1.29 is 0 Å². The van der Waals surface area contributed by atoms with E-state index in [9.17, 15) is 0 Å². The molecule has 0 atom stereocenters. The third-order valence-corrected chi connectivity index (χ3v) is 2.51. The molecule has 0 fully saturated rings. The van der Waals surface area contributed by atoms with Crippen LogP contribution in [0.2, 0.25) is 0 Å². The summed E-state index contributed by atoms with van der Waals surface area (Å²) in [6.45, 7) is 0. The Hall–Kier alpha value is -1.21. The molecule has 0 N–H and O–H groups in total. The summed E-state index contributed by atoms with van der Waals surface area (Å²) in [5.74, 6) is 2.38. The van der Waals surface area contributed by atoms with Crippen molar-refractivity contribution in [3.63, 3.8) is 0 Å². The Kier molecular flexibility index (Phi) is 3.29. The van der Waals surface area contributed by atoms with Gasteiger partial charge in [0, 0.05) is 0 Å². The molecule has 1 aromatic carbocycles. The van der Waals surface area contributed by atoms with Gasteiger partial charge < -0.3 is 0 Å². The van der Waals surface area contributed by atoms with Gasteiger partial charge in [0.2, 0.25) is 0 Å². The molecule has 1 aromatic rings. The predicted molar refractivity (Wildman–Crippen MR) is 45.2 cm³/mol. The van der Waals surface area contributed by atoms with E-state index in [0.29, 0.717) is 0 Å². The van der Waals surface area contributed by atoms with E-state index >= 15 is 0 Å². The summed E-state index contributed by atoms with van der Waals surface area (Å²) in [5, 5.41) is 8.13. The Balaban J connectivity index is 2.60. The van der Waals surface area contributed by atoms with Crippen LogP contribution in [-0.4, -0.2) is 15.0 Å². The number of nitrogens with zero attached hydrogens (tertiary/aromatic N) is 1. The molecule has 0 aliphatic heterocycles. The number of rotatable bonds is 1. The van der Waals surface area contributed by atoms with E-state index in [1.165, 1.54) is 4.46 Å². The molecule has 0 unspecified atom stereocenters. The second kappa shape index (κ2) is 4.58. The van der Waals surface area contributed by atoms with Gasteiger partial charge in [-0.25, -0.2) is 0 Å². The summed E-state index contributed by atoms with van der Waals surface area (Å²) in [5.41, 5.74) is 0. The van der Waals surface area contributed by atoms with Crippen molar-refractivity contribution in [2.24, 2.45) is 0 Å². The minimum absolute atomic E-state index is 0.136. The molecular formula is C9H5NSe. The summed E-state index contributed by atoms with van der Waals surface area (Å²) in [4.78, 5) is 2.80. The Bertz CT molecular complexity index is 313. The molecule has 0 aromatic heterocycles. The fourth-order valence-electron chi connectivity index (χ4n) is 0.596. The fraction of sp³-hybridized carbons (Fsp3) is 0. The summed E-state index contributed by atoms with van der Waals surface area (Å²) in [7, 11) is 0. The van der Waals surface area contributed by atoms with Crippen molar-refractivity contribution >= 4 is 19.4 Å². The number of hydrogen-bond donors (Lipinski definition) is 0. The van der Waals surface area contributed by atoms with Crippen LogP contribution in [0.1, 0.15) is 0 Å². The van der Waals surface area contributed by atoms with Crippen LogP contribution in [-0.2, 0) is 0 Å². The molecular weight excluding hydrogens is 201 g/mol. The molecule has 1 rings (SSSR count). The van der Waals surface area contributed by atoms with Gasteiger partial charge in [-0.1, -0.05) is 0 Å². The minimum atomic E-state index is 0.136. The van der Waals surface area contributed by atoms with E-state index in [2.05, 4.69) is 10.7 Å². The number of nitriles is 1. The molecule has 52 valence electrons. The van der Waals surface area contributed by atoms with Gasteiger partial charge in [-0.05, 0) is 0 Å². The van der Waals surface area contributed by atoms with Crippen molar-refractivity contribution in [1.29, 1.82) is 5.26 Å². The van der Waals surface area contributed by atoms with Gasteiger partial charge in [-0.3, -0.25) is 0 Å². The van der Waals surface area contributed by atoms with E-state index in [1.807, 2.05) is 30.3 Å². The number of benzene rings is 1. The van der Waals surface area contributed by atoms with E-state index in [4.69, 9.17) is 5.26 Å². The van der Waals surface area contributed by atoms with Crippen molar-refractivity contribution in [3.8, 4) is 16.8 Å². The third kappa shape index (κ3) is 2.92. The molecule has 0 radical (unpaired) electrons. The van der Waals surface area contributed by atoms with Gasteiger partial charge in [-0.2, -0.15) is 0 Å². The van der Waals surface area contributed by atoms with Gasteiger partial charge >= 0.3 is 71.8 Å². The molecule has 0 spiro atoms. The first-order valence-electron chi connectivity index (χ1n) is 3.04. The van der Waals surface area contributed by atoms with Crippen LogP contribution >= 0.6 is 0 Å². The topological polar surface area (TPSA) is 23.8 Å². The fourth-order valence-corrected chi connectivity index (χ4v) is 1.66. The second-order valence-corrected chi connectivity index (χ2v) is 3.60. The van der Waals surface area contributed by atoms with Crippen LogP contribution < -0.4 is 4.46 Å². The third-order valence-electron chi connectivity index (χ3n) is 1.02. The van der Waals surface area contributed by atoms with Crippen molar-refractivity contribution in [2.75, 3.05) is 0 Å². The van der Waals surface area contributed by atoms with Crippen LogP contribution in [0.3, 0.4) is 0 Å². The molecule has 0 saturated heterocycles. The van der Waals surface area contributed by atoms with Crippen molar-refractivity contribution in [2.45, 2.75) is 0 Å². The monoisotopic (exact) mass is 207 g/mol. The van der Waals surface area contributed by atoms with Crippen LogP contribution in [0.4, 0.5) is 0 Å². The Labute approximate surface area is 72.2 Å². The van der Waals surface area contributed by atoms with Crippen molar-refractivity contribution in [3.05, 3.63) is 30.3 Å². The Morgan fingerprint density at radius 3 is 2.55 bits per heavy atom. The summed E-state index contributed by atoms with van der Waals surface area (Å²) < 4.78 is 1.21. The summed E-state index contributed by atoms with van der Waals surface area (Å²) in [6.07, 6.45) is 0. The van der Waals surface area contributed by atoms with Gasteiger partial charge in [0.15, 0.2) is 0 Å². The van der Waals surface area contributed by atoms with Gasteiger partial charge in [0.25, 0.3) is 0 Å². The predicted octanol–water partition coefficient (Wildman–Crippen LogP) is 0.501. The molecule has 2 heteroatoms. The average molecular weight is 206 g/mol. The molecule has 11 heavy (non-hydrogen) atoms. The standard InChI is InChI=1S/C9H5NSe/c10-7-4-8-11-9-5-2-1-3-6-9/h1-3,5-6H. The average Bonchev–Trinajstić information content (AvgIpc) is 2.07. The maximum absolute atomic E-state index is 8.13. The Morgan fingerprint density at radius 2 is 1.91 bits per heavy atom. The zero-order valence-corrected chi connectivity index (χ0v) is 7.46. The molecule has 0 saturated carbocycles. The molecule has 0 bridgehead atoms. The molecule has 0 amide bonds. The molecule has 0 aliphatic carbocycles. The zero-order chi connectivity index (χ0) is 7.94. The van der Waals surface area contributed by atoms with Crippen LogP contribution in [0.15, 0.2) is 30.3 Å². The van der Waals surface area contributed by atoms with E-state index < -0.39 is 0 Å². The van der Waals surface area contributed by atoms with Gasteiger partial charge in [0.05, 0.1) is 0 Å². The molecule has 1 nitrogen and oxygen atoms in total. The Morgan fingerprint density at radius 1 is 1.18 bits per heavy atom. The van der Waals surface area contributed by atoms with Crippen LogP contribution in [0.25, 0.3) is 0 Å². The van der Waals surface area contributed by atoms with E-state index in [1.54, 1.807) is 6.07 Å². The van der Waals surface area contributed by atoms with E-state index in [0.717, 1.165) is 0 Å². The summed E-state index contributed by atoms with van der Waals surface area (Å²) >= 11 is 0.136. The SMILES string of the molecule is N#CC#C[Se]c1ccccc1. The van der Waals surface area contributed by atoms with Crippen LogP contribution in [0.5, 0.6) is 0 Å². The molecule has 0 heterocycles. The van der Waals surface area contributed by atoms with Gasteiger partial charge in [-0.15, -0.1) is 0 Å². The van der Waals surface area contributed by atoms with Crippen molar-refractivity contribution in [1.82, 2.24) is 0 Å². The van der Waals surface area contributed by atoms with Crippen LogP contribution in [0, 0.1) is 22.1 Å². The first kappa shape index (κ1) is 7.89. The quantitative estimate of drug-likeness (QED) is 0.485. The first-order chi connectivity index (χ1) is 5.43. The first-order valence-corrected chi connectivity index (χ1v) is 4.76. The second-order valence-electron chi connectivity index (χ2n) is 1.75. The maximum atomic E-state index is 8.13.